The van der Waals surface area contributed by atoms with E-state index in [1.165, 1.54) is 22.9 Å². The predicted molar refractivity (Wildman–Crippen MR) is 135 cm³/mol. The van der Waals surface area contributed by atoms with Crippen LogP contribution in [0.4, 0.5) is 26.6 Å². The number of thiophene rings is 2. The van der Waals surface area contributed by atoms with E-state index in [0.29, 0.717) is 22.5 Å². The van der Waals surface area contributed by atoms with Crippen LogP contribution in [0.5, 0.6) is 0 Å². The highest BCUT2D eigenvalue weighted by Gasteiger charge is 2.27. The van der Waals surface area contributed by atoms with E-state index in [1.54, 1.807) is 27.7 Å². The van der Waals surface area contributed by atoms with Crippen LogP contribution < -0.4 is 20.1 Å². The van der Waals surface area contributed by atoms with Gasteiger partial charge in [-0.25, -0.2) is 31.1 Å². The number of nitrogens with one attached hydrogen (secondary N) is 4. The Labute approximate surface area is 214 Å². The highest BCUT2D eigenvalue weighted by atomic mass is 32.2. The summed E-state index contributed by atoms with van der Waals surface area (Å²) >= 11 is 1.94. The first-order valence-electron chi connectivity index (χ1n) is 10.0. The topological polar surface area (TPSA) is 186 Å². The number of hydrogen-bond donors (Lipinski definition) is 4. The summed E-state index contributed by atoms with van der Waals surface area (Å²) in [5.41, 5.74) is 2.11. The van der Waals surface area contributed by atoms with E-state index in [0.717, 1.165) is 22.7 Å². The minimum absolute atomic E-state index is 0.0146. The third kappa shape index (κ3) is 5.08. The lowest BCUT2D eigenvalue weighted by Crippen LogP contribution is -2.22. The van der Waals surface area contributed by atoms with Gasteiger partial charge in [0.25, 0.3) is 20.0 Å². The van der Waals surface area contributed by atoms with Crippen LogP contribution in [0.15, 0.2) is 41.7 Å². The number of sulfonamides is 2. The van der Waals surface area contributed by atoms with Gasteiger partial charge >= 0.3 is 6.03 Å². The third-order valence-corrected chi connectivity index (χ3v) is 9.72. The van der Waals surface area contributed by atoms with Crippen molar-refractivity contribution in [1.29, 1.82) is 0 Å². The van der Waals surface area contributed by atoms with Crippen LogP contribution in [0.2, 0.25) is 0 Å². The summed E-state index contributed by atoms with van der Waals surface area (Å²) in [7, 11) is -8.24. The van der Waals surface area contributed by atoms with Gasteiger partial charge in [-0.15, -0.1) is 22.7 Å². The Bertz CT molecular complexity index is 1530. The standard InChI is InChI=1S/C19H20N6O7S4/c1-9-11(3)22-31-15(9)24-35(27,28)13-5-7-33-17(13)20-19(26)21-18-14(6-8-34-18)36(29,30)25-16-10(2)12(4)23-32-16/h5-8,24-25H,1-4H3,(H2,20,21,26). The van der Waals surface area contributed by atoms with Crippen molar-refractivity contribution < 1.29 is 30.7 Å². The smallest absolute Gasteiger partial charge is 0.324 e. The third-order valence-electron chi connectivity index (χ3n) is 5.06. The second-order valence-corrected chi connectivity index (χ2v) is 12.6. The highest BCUT2D eigenvalue weighted by molar-refractivity contribution is 7.93. The zero-order chi connectivity index (χ0) is 26.3. The molecular formula is C19H20N6O7S4. The van der Waals surface area contributed by atoms with Crippen LogP contribution >= 0.6 is 22.7 Å². The van der Waals surface area contributed by atoms with Crippen molar-refractivity contribution in [1.82, 2.24) is 10.3 Å². The molecular weight excluding hydrogens is 553 g/mol. The fourth-order valence-corrected chi connectivity index (χ4v) is 7.46. The quantitative estimate of drug-likeness (QED) is 0.239. The number of nitrogens with zero attached hydrogens (tertiary/aromatic N) is 2. The maximum absolute atomic E-state index is 12.9. The monoisotopic (exact) mass is 572 g/mol. The number of carbonyl (C=O) groups excluding carboxylic acids is 1. The second-order valence-electron chi connectivity index (χ2n) is 7.46. The van der Waals surface area contributed by atoms with Crippen LogP contribution in [-0.2, 0) is 20.0 Å². The molecule has 0 aliphatic carbocycles. The summed E-state index contributed by atoms with van der Waals surface area (Å²) in [5.74, 6) is -0.0700. The van der Waals surface area contributed by atoms with E-state index in [9.17, 15) is 21.6 Å². The lowest BCUT2D eigenvalue weighted by molar-refractivity contribution is 0.262. The summed E-state index contributed by atoms with van der Waals surface area (Å²) in [5, 5.41) is 15.3. The largest absolute Gasteiger partial charge is 0.337 e. The van der Waals surface area contributed by atoms with Crippen molar-refractivity contribution in [2.24, 2.45) is 0 Å². The van der Waals surface area contributed by atoms with Crippen molar-refractivity contribution in [3.05, 3.63) is 45.4 Å². The van der Waals surface area contributed by atoms with Crippen LogP contribution in [0, 0.1) is 27.7 Å². The number of carbonyl (C=O) groups is 1. The number of aromatic nitrogens is 2. The van der Waals surface area contributed by atoms with Crippen LogP contribution in [0.1, 0.15) is 22.5 Å². The molecule has 4 N–H and O–H groups in total. The Morgan fingerprint density at radius 2 is 1.14 bits per heavy atom. The van der Waals surface area contributed by atoms with Crippen molar-refractivity contribution >= 4 is 70.5 Å². The Morgan fingerprint density at radius 1 is 0.750 bits per heavy atom. The normalized spacial score (nSPS) is 11.9. The Balaban J connectivity index is 1.50. The van der Waals surface area contributed by atoms with Gasteiger partial charge in [-0.3, -0.25) is 10.6 Å². The molecule has 36 heavy (non-hydrogen) atoms. The van der Waals surface area contributed by atoms with Crippen LogP contribution in [-0.4, -0.2) is 33.2 Å². The highest BCUT2D eigenvalue weighted by Crippen LogP contribution is 2.33. The zero-order valence-electron chi connectivity index (χ0n) is 19.2. The lowest BCUT2D eigenvalue weighted by atomic mass is 10.3. The fourth-order valence-electron chi connectivity index (χ4n) is 2.81. The number of anilines is 4. The van der Waals surface area contributed by atoms with Gasteiger partial charge in [0, 0.05) is 11.1 Å². The first kappa shape index (κ1) is 25.7. The molecule has 0 radical (unpaired) electrons. The van der Waals surface area contributed by atoms with Gasteiger partial charge in [-0.05, 0) is 50.6 Å². The molecule has 0 aromatic carbocycles. The van der Waals surface area contributed by atoms with E-state index in [2.05, 4.69) is 30.4 Å². The summed E-state index contributed by atoms with van der Waals surface area (Å²) in [4.78, 5) is 12.3. The first-order chi connectivity index (χ1) is 16.9. The Morgan fingerprint density at radius 3 is 1.47 bits per heavy atom. The molecule has 4 rings (SSSR count). The minimum Gasteiger partial charge on any atom is -0.337 e. The number of aryl methyl sites for hydroxylation is 2. The van der Waals surface area contributed by atoms with E-state index < -0.39 is 26.1 Å². The number of hydrogen-bond acceptors (Lipinski definition) is 11. The van der Waals surface area contributed by atoms with Gasteiger partial charge in [-0.1, -0.05) is 10.3 Å². The number of urea groups is 1. The molecule has 0 fully saturated rings. The minimum atomic E-state index is -4.12. The molecule has 4 aromatic heterocycles. The molecule has 17 heteroatoms. The van der Waals surface area contributed by atoms with Gasteiger partial charge in [0.05, 0.1) is 11.4 Å². The lowest BCUT2D eigenvalue weighted by Gasteiger charge is -2.10. The molecule has 4 aromatic rings. The van der Waals surface area contributed by atoms with Crippen LogP contribution in [0.3, 0.4) is 0 Å². The molecule has 0 saturated heterocycles. The molecule has 0 saturated carbocycles. The zero-order valence-corrected chi connectivity index (χ0v) is 22.5. The Kier molecular flexibility index (Phi) is 6.82. The molecule has 0 aliphatic heterocycles. The predicted octanol–water partition coefficient (Wildman–Crippen LogP) is 4.26. The van der Waals surface area contributed by atoms with E-state index >= 15 is 0 Å². The maximum atomic E-state index is 12.9. The van der Waals surface area contributed by atoms with E-state index in [1.807, 2.05) is 0 Å². The number of amides is 2. The molecule has 4 heterocycles. The summed E-state index contributed by atoms with van der Waals surface area (Å²) in [6.07, 6.45) is 0. The molecule has 0 bridgehead atoms. The summed E-state index contributed by atoms with van der Waals surface area (Å²) in [6.45, 7) is 6.63. The van der Waals surface area contributed by atoms with Crippen LogP contribution in [0.25, 0.3) is 0 Å². The van der Waals surface area contributed by atoms with E-state index in [4.69, 9.17) is 9.05 Å². The second kappa shape index (κ2) is 9.57. The molecule has 0 unspecified atom stereocenters. The molecule has 192 valence electrons. The van der Waals surface area contributed by atoms with Gasteiger partial charge in [0.2, 0.25) is 11.8 Å². The van der Waals surface area contributed by atoms with Gasteiger partial charge in [0.15, 0.2) is 0 Å². The van der Waals surface area contributed by atoms with Crippen molar-refractivity contribution in [3.8, 4) is 0 Å². The van der Waals surface area contributed by atoms with Gasteiger partial charge < -0.3 is 9.05 Å². The Hall–Kier alpha value is -3.41. The molecule has 0 atom stereocenters. The number of rotatable bonds is 8. The maximum Gasteiger partial charge on any atom is 0.324 e. The molecule has 0 aliphatic rings. The van der Waals surface area contributed by atoms with Gasteiger partial charge in [0.1, 0.15) is 19.8 Å². The van der Waals surface area contributed by atoms with Crippen molar-refractivity contribution in [2.75, 3.05) is 20.1 Å². The average molecular weight is 573 g/mol. The molecule has 2 amide bonds. The summed E-state index contributed by atoms with van der Waals surface area (Å²) < 4.78 is 66.1. The molecule has 13 nitrogen and oxygen atoms in total. The van der Waals surface area contributed by atoms with Gasteiger partial charge in [-0.2, -0.15) is 0 Å². The van der Waals surface area contributed by atoms with E-state index in [-0.39, 0.29) is 31.6 Å². The SMILES string of the molecule is Cc1noc(NS(=O)(=O)c2ccsc2NC(=O)Nc2sccc2S(=O)(=O)Nc2onc(C)c2C)c1C. The first-order valence-corrected chi connectivity index (χ1v) is 14.8. The fraction of sp³-hybridized carbons (Fsp3) is 0.211. The summed E-state index contributed by atoms with van der Waals surface area (Å²) in [6, 6.07) is 1.79. The molecule has 0 spiro atoms. The van der Waals surface area contributed by atoms with Crippen molar-refractivity contribution in [2.45, 2.75) is 37.5 Å². The van der Waals surface area contributed by atoms with Crippen molar-refractivity contribution in [3.63, 3.8) is 0 Å². The average Bonchev–Trinajstić information content (AvgIpc) is 3.58.